The lowest BCUT2D eigenvalue weighted by atomic mass is 10.0. The summed E-state index contributed by atoms with van der Waals surface area (Å²) in [6.07, 6.45) is 2.60. The van der Waals surface area contributed by atoms with Gasteiger partial charge in [-0.15, -0.1) is 0 Å². The third kappa shape index (κ3) is 4.01. The van der Waals surface area contributed by atoms with E-state index in [1.165, 1.54) is 18.5 Å². The normalized spacial score (nSPS) is 11.7. The van der Waals surface area contributed by atoms with Crippen LogP contribution in [-0.4, -0.2) is 25.7 Å². The monoisotopic (exact) mass is 396 g/mol. The van der Waals surface area contributed by atoms with Gasteiger partial charge in [0.1, 0.15) is 11.3 Å². The van der Waals surface area contributed by atoms with Crippen LogP contribution in [0.25, 0.3) is 11.0 Å². The summed E-state index contributed by atoms with van der Waals surface area (Å²) in [7, 11) is 0. The second-order valence-electron chi connectivity index (χ2n) is 6.52. The van der Waals surface area contributed by atoms with Crippen LogP contribution in [0.1, 0.15) is 32.9 Å². The molecule has 0 aliphatic carbocycles. The molecule has 0 aliphatic rings. The number of pyridine rings is 3. The number of aromatic nitrogens is 4. The van der Waals surface area contributed by atoms with E-state index in [-0.39, 0.29) is 5.78 Å². The summed E-state index contributed by atoms with van der Waals surface area (Å²) >= 11 is 0. The van der Waals surface area contributed by atoms with Crippen LogP contribution in [0.3, 0.4) is 0 Å². The van der Waals surface area contributed by atoms with E-state index >= 15 is 0 Å². The van der Waals surface area contributed by atoms with Crippen LogP contribution in [0, 0.1) is 0 Å². The zero-order valence-electron chi connectivity index (χ0n) is 15.1. The molecule has 0 saturated heterocycles. The van der Waals surface area contributed by atoms with Crippen molar-refractivity contribution < 1.29 is 18.0 Å². The van der Waals surface area contributed by atoms with Crippen molar-refractivity contribution in [1.82, 2.24) is 19.9 Å². The van der Waals surface area contributed by atoms with Gasteiger partial charge in [-0.3, -0.25) is 14.8 Å². The van der Waals surface area contributed by atoms with Crippen molar-refractivity contribution in [2.24, 2.45) is 0 Å². The highest BCUT2D eigenvalue weighted by Crippen LogP contribution is 2.27. The lowest BCUT2D eigenvalue weighted by Gasteiger charge is -2.07. The van der Waals surface area contributed by atoms with Crippen LogP contribution >= 0.6 is 0 Å². The van der Waals surface area contributed by atoms with E-state index in [1.807, 2.05) is 6.07 Å². The zero-order chi connectivity index (χ0) is 20.4. The number of halogens is 3. The minimum Gasteiger partial charge on any atom is -0.345 e. The minimum absolute atomic E-state index is 0.157. The average molecular weight is 396 g/mol. The van der Waals surface area contributed by atoms with Gasteiger partial charge in [0, 0.05) is 47.0 Å². The molecule has 5 nitrogen and oxygen atoms in total. The molecule has 0 amide bonds. The molecule has 4 aromatic rings. The maximum Gasteiger partial charge on any atom is 0.433 e. The van der Waals surface area contributed by atoms with Crippen LogP contribution in [0.4, 0.5) is 13.2 Å². The van der Waals surface area contributed by atoms with Gasteiger partial charge < -0.3 is 4.98 Å². The van der Waals surface area contributed by atoms with E-state index < -0.39 is 11.9 Å². The Morgan fingerprint density at radius 2 is 1.83 bits per heavy atom. The summed E-state index contributed by atoms with van der Waals surface area (Å²) in [6.45, 7) is 0. The van der Waals surface area contributed by atoms with E-state index in [1.54, 1.807) is 30.6 Å². The second-order valence-corrected chi connectivity index (χ2v) is 6.52. The predicted molar refractivity (Wildman–Crippen MR) is 100 cm³/mol. The minimum atomic E-state index is -4.44. The summed E-state index contributed by atoms with van der Waals surface area (Å²) in [4.78, 5) is 27.7. The molecular formula is C21H15F3N4O. The fourth-order valence-electron chi connectivity index (χ4n) is 3.02. The highest BCUT2D eigenvalue weighted by Gasteiger charge is 2.31. The highest BCUT2D eigenvalue weighted by atomic mass is 19.4. The van der Waals surface area contributed by atoms with E-state index in [9.17, 15) is 18.0 Å². The van der Waals surface area contributed by atoms with E-state index in [2.05, 4.69) is 19.9 Å². The summed E-state index contributed by atoms with van der Waals surface area (Å²) in [5.74, 6) is -0.157. The number of aromatic amines is 1. The average Bonchev–Trinajstić information content (AvgIpc) is 3.16. The zero-order valence-corrected chi connectivity index (χ0v) is 15.1. The topological polar surface area (TPSA) is 71.5 Å². The number of aryl methyl sites for hydroxylation is 2. The third-order valence-electron chi connectivity index (χ3n) is 4.57. The Bertz CT molecular complexity index is 1150. The van der Waals surface area contributed by atoms with Crippen molar-refractivity contribution >= 4 is 16.8 Å². The van der Waals surface area contributed by atoms with Gasteiger partial charge in [0.2, 0.25) is 0 Å². The Hall–Kier alpha value is -3.55. The van der Waals surface area contributed by atoms with Gasteiger partial charge in [-0.05, 0) is 48.7 Å². The molecule has 0 aliphatic heterocycles. The van der Waals surface area contributed by atoms with Gasteiger partial charge >= 0.3 is 6.18 Å². The SMILES string of the molecule is O=C(c1ccc(CCc2ccc(C(F)(F)F)nc2)nc1)c1c[nH]c2ncccc12. The van der Waals surface area contributed by atoms with Crippen molar-refractivity contribution in [2.45, 2.75) is 19.0 Å². The molecule has 0 atom stereocenters. The summed E-state index contributed by atoms with van der Waals surface area (Å²) < 4.78 is 37.7. The van der Waals surface area contributed by atoms with Crippen molar-refractivity contribution in [3.05, 3.63) is 89.3 Å². The molecule has 4 rings (SSSR count). The van der Waals surface area contributed by atoms with Gasteiger partial charge in [-0.25, -0.2) is 4.98 Å². The van der Waals surface area contributed by atoms with Crippen LogP contribution < -0.4 is 0 Å². The molecule has 8 heteroatoms. The lowest BCUT2D eigenvalue weighted by Crippen LogP contribution is -2.08. The Morgan fingerprint density at radius 1 is 0.966 bits per heavy atom. The fraction of sp³-hybridized carbons (Fsp3) is 0.143. The molecule has 0 unspecified atom stereocenters. The first kappa shape index (κ1) is 18.8. The molecule has 0 saturated carbocycles. The number of ketones is 1. The Kier molecular flexibility index (Phi) is 4.84. The number of nitrogens with zero attached hydrogens (tertiary/aromatic N) is 3. The number of alkyl halides is 3. The van der Waals surface area contributed by atoms with Crippen LogP contribution in [0.5, 0.6) is 0 Å². The number of carbonyl (C=O) groups excluding carboxylic acids is 1. The van der Waals surface area contributed by atoms with Gasteiger partial charge in [0.15, 0.2) is 5.78 Å². The lowest BCUT2D eigenvalue weighted by molar-refractivity contribution is -0.141. The number of hydrogen-bond donors (Lipinski definition) is 1. The number of hydrogen-bond acceptors (Lipinski definition) is 4. The molecule has 0 radical (unpaired) electrons. The highest BCUT2D eigenvalue weighted by molar-refractivity contribution is 6.15. The van der Waals surface area contributed by atoms with Crippen molar-refractivity contribution in [3.63, 3.8) is 0 Å². The van der Waals surface area contributed by atoms with Gasteiger partial charge in [0.25, 0.3) is 0 Å². The molecule has 4 aromatic heterocycles. The Labute approximate surface area is 163 Å². The number of nitrogens with one attached hydrogen (secondary N) is 1. The number of H-pyrrole nitrogens is 1. The maximum atomic E-state index is 12.7. The Morgan fingerprint density at radius 3 is 2.52 bits per heavy atom. The first-order chi connectivity index (χ1) is 13.9. The van der Waals surface area contributed by atoms with E-state index in [0.29, 0.717) is 35.2 Å². The molecule has 0 spiro atoms. The molecule has 29 heavy (non-hydrogen) atoms. The van der Waals surface area contributed by atoms with Crippen LogP contribution in [0.2, 0.25) is 0 Å². The first-order valence-electron chi connectivity index (χ1n) is 8.86. The molecule has 0 fully saturated rings. The number of fused-ring (bicyclic) bond motifs is 1. The quantitative estimate of drug-likeness (QED) is 0.508. The summed E-state index contributed by atoms with van der Waals surface area (Å²) in [6, 6.07) is 9.43. The smallest absolute Gasteiger partial charge is 0.345 e. The Balaban J connectivity index is 1.43. The van der Waals surface area contributed by atoms with Gasteiger partial charge in [-0.1, -0.05) is 6.07 Å². The van der Waals surface area contributed by atoms with E-state index in [4.69, 9.17) is 0 Å². The summed E-state index contributed by atoms with van der Waals surface area (Å²) in [5, 5.41) is 0.747. The van der Waals surface area contributed by atoms with Crippen LogP contribution in [0.15, 0.2) is 61.2 Å². The predicted octanol–water partition coefficient (Wildman–Crippen LogP) is 4.39. The fourth-order valence-corrected chi connectivity index (χ4v) is 3.02. The third-order valence-corrected chi connectivity index (χ3v) is 4.57. The van der Waals surface area contributed by atoms with Crippen molar-refractivity contribution in [3.8, 4) is 0 Å². The molecule has 1 N–H and O–H groups in total. The largest absolute Gasteiger partial charge is 0.433 e. The second kappa shape index (κ2) is 7.46. The van der Waals surface area contributed by atoms with E-state index in [0.717, 1.165) is 17.1 Å². The van der Waals surface area contributed by atoms with Crippen molar-refractivity contribution in [1.29, 1.82) is 0 Å². The maximum absolute atomic E-state index is 12.7. The number of rotatable bonds is 5. The number of carbonyl (C=O) groups is 1. The molecule has 146 valence electrons. The molecule has 0 bridgehead atoms. The molecule has 4 heterocycles. The van der Waals surface area contributed by atoms with Crippen LogP contribution in [-0.2, 0) is 19.0 Å². The molecular weight excluding hydrogens is 381 g/mol. The summed E-state index contributed by atoms with van der Waals surface area (Å²) in [5.41, 5.74) is 2.14. The first-order valence-corrected chi connectivity index (χ1v) is 8.86. The molecule has 0 aromatic carbocycles. The van der Waals surface area contributed by atoms with Crippen molar-refractivity contribution in [2.75, 3.05) is 0 Å². The standard InChI is InChI=1S/C21H15F3N4O/c22-21(23,24)18-8-4-13(10-27-18)3-6-15-7-5-14(11-26-15)19(29)17-12-28-20-16(17)2-1-9-25-20/h1-2,4-5,7-12H,3,6H2,(H,25,28). The van der Waals surface area contributed by atoms with Gasteiger partial charge in [0.05, 0.1) is 0 Å². The van der Waals surface area contributed by atoms with Gasteiger partial charge in [-0.2, -0.15) is 13.2 Å².